The minimum Gasteiger partial charge on any atom is -0.380 e. The Morgan fingerprint density at radius 2 is 2.10 bits per heavy atom. The van der Waals surface area contributed by atoms with Crippen molar-refractivity contribution in [2.24, 2.45) is 0 Å². The van der Waals surface area contributed by atoms with Gasteiger partial charge in [-0.3, -0.25) is 14.6 Å². The van der Waals surface area contributed by atoms with E-state index in [1.807, 2.05) is 42.6 Å². The normalized spacial score (nSPS) is 12.4. The first-order valence-electron chi connectivity index (χ1n) is 9.21. The lowest BCUT2D eigenvalue weighted by Gasteiger charge is -2.18. The van der Waals surface area contributed by atoms with E-state index < -0.39 is 0 Å². The van der Waals surface area contributed by atoms with E-state index in [1.54, 1.807) is 35.9 Å². The smallest absolute Gasteiger partial charge is 0.253 e. The molecule has 1 aromatic carbocycles. The van der Waals surface area contributed by atoms with Crippen molar-refractivity contribution in [1.29, 1.82) is 0 Å². The zero-order valence-electron chi connectivity index (χ0n) is 15.9. The predicted octanol–water partition coefficient (Wildman–Crippen LogP) is 3.83. The Morgan fingerprint density at radius 1 is 1.21 bits per heavy atom. The number of benzene rings is 1. The first kappa shape index (κ1) is 18.9. The number of hydrogen-bond donors (Lipinski definition) is 3. The van der Waals surface area contributed by atoms with Crippen molar-refractivity contribution < 1.29 is 9.59 Å². The molecule has 0 aliphatic carbocycles. The van der Waals surface area contributed by atoms with Gasteiger partial charge in [0.2, 0.25) is 0 Å². The summed E-state index contributed by atoms with van der Waals surface area (Å²) in [7, 11) is 0. The van der Waals surface area contributed by atoms with E-state index in [0.29, 0.717) is 29.9 Å². The van der Waals surface area contributed by atoms with Crippen molar-refractivity contribution >= 4 is 40.6 Å². The van der Waals surface area contributed by atoms with Gasteiger partial charge >= 0.3 is 0 Å². The Kier molecular flexibility index (Phi) is 5.39. The summed E-state index contributed by atoms with van der Waals surface area (Å²) in [6.07, 6.45) is 5.27. The van der Waals surface area contributed by atoms with Gasteiger partial charge in [-0.1, -0.05) is 12.1 Å². The summed E-state index contributed by atoms with van der Waals surface area (Å²) in [6, 6.07) is 11.1. The number of aromatic nitrogens is 1. The average molecular weight is 404 g/mol. The lowest BCUT2D eigenvalue weighted by Crippen LogP contribution is -2.24. The SMILES string of the molecule is Cc1ccc(C(=O)NCc2cccs2)cc1NC(=O)C1=Cc2cnccc2NC1. The largest absolute Gasteiger partial charge is 0.380 e. The van der Waals surface area contributed by atoms with Gasteiger partial charge < -0.3 is 16.0 Å². The van der Waals surface area contributed by atoms with Crippen LogP contribution >= 0.6 is 11.3 Å². The quantitative estimate of drug-likeness (QED) is 0.604. The summed E-state index contributed by atoms with van der Waals surface area (Å²) in [5.41, 5.74) is 4.46. The molecule has 6 nitrogen and oxygen atoms in total. The van der Waals surface area contributed by atoms with E-state index in [2.05, 4.69) is 20.9 Å². The number of rotatable bonds is 5. The number of pyridine rings is 1. The van der Waals surface area contributed by atoms with Crippen LogP contribution in [0.4, 0.5) is 11.4 Å². The predicted molar refractivity (Wildman–Crippen MR) is 116 cm³/mol. The second kappa shape index (κ2) is 8.28. The standard InChI is InChI=1S/C22H20N4O2S/c1-14-4-5-15(21(27)25-13-18-3-2-8-29-18)10-20(14)26-22(28)17-9-16-11-23-7-6-19(16)24-12-17/h2-11,24H,12-13H2,1H3,(H,25,27)(H,26,28). The molecule has 3 aromatic rings. The monoisotopic (exact) mass is 404 g/mol. The highest BCUT2D eigenvalue weighted by atomic mass is 32.1. The molecule has 146 valence electrons. The van der Waals surface area contributed by atoms with Crippen LogP contribution in [0.3, 0.4) is 0 Å². The minimum atomic E-state index is -0.203. The van der Waals surface area contributed by atoms with E-state index in [0.717, 1.165) is 21.7 Å². The maximum atomic E-state index is 12.8. The fraction of sp³-hybridized carbons (Fsp3) is 0.136. The molecule has 0 saturated carbocycles. The third-order valence-electron chi connectivity index (χ3n) is 4.69. The van der Waals surface area contributed by atoms with Crippen molar-refractivity contribution in [2.75, 3.05) is 17.2 Å². The van der Waals surface area contributed by atoms with Crippen LogP contribution in [0.1, 0.15) is 26.4 Å². The average Bonchev–Trinajstić information content (AvgIpc) is 3.27. The summed E-state index contributed by atoms with van der Waals surface area (Å²) >= 11 is 1.60. The number of anilines is 2. The third kappa shape index (κ3) is 4.35. The molecule has 3 N–H and O–H groups in total. The molecule has 2 amide bonds. The topological polar surface area (TPSA) is 83.1 Å². The molecule has 0 saturated heterocycles. The van der Waals surface area contributed by atoms with E-state index in [4.69, 9.17) is 0 Å². The molecule has 0 atom stereocenters. The van der Waals surface area contributed by atoms with Crippen LogP contribution in [0.15, 0.2) is 59.7 Å². The fourth-order valence-electron chi connectivity index (χ4n) is 3.04. The fourth-order valence-corrected chi connectivity index (χ4v) is 3.69. The summed E-state index contributed by atoms with van der Waals surface area (Å²) in [5, 5.41) is 11.0. The molecule has 0 spiro atoms. The highest BCUT2D eigenvalue weighted by Gasteiger charge is 2.17. The van der Waals surface area contributed by atoms with Crippen LogP contribution in [0, 0.1) is 6.92 Å². The van der Waals surface area contributed by atoms with Gasteiger partial charge in [0, 0.05) is 51.9 Å². The molecule has 1 aliphatic heterocycles. The number of amides is 2. The van der Waals surface area contributed by atoms with Crippen LogP contribution in [0.2, 0.25) is 0 Å². The lowest BCUT2D eigenvalue weighted by atomic mass is 10.0. The number of nitrogens with zero attached hydrogens (tertiary/aromatic N) is 1. The highest BCUT2D eigenvalue weighted by molar-refractivity contribution is 7.09. The van der Waals surface area contributed by atoms with Crippen molar-refractivity contribution in [3.05, 3.63) is 81.3 Å². The molecule has 7 heteroatoms. The van der Waals surface area contributed by atoms with E-state index >= 15 is 0 Å². The molecule has 4 rings (SSSR count). The number of hydrogen-bond acceptors (Lipinski definition) is 5. The van der Waals surface area contributed by atoms with Crippen molar-refractivity contribution in [3.8, 4) is 0 Å². The van der Waals surface area contributed by atoms with Crippen molar-refractivity contribution in [2.45, 2.75) is 13.5 Å². The highest BCUT2D eigenvalue weighted by Crippen LogP contribution is 2.24. The van der Waals surface area contributed by atoms with Crippen LogP contribution in [-0.4, -0.2) is 23.3 Å². The van der Waals surface area contributed by atoms with Gasteiger partial charge in [-0.05, 0) is 48.2 Å². The molecule has 0 radical (unpaired) electrons. The number of fused-ring (bicyclic) bond motifs is 1. The first-order valence-corrected chi connectivity index (χ1v) is 10.1. The second-order valence-electron chi connectivity index (χ2n) is 6.73. The first-order chi connectivity index (χ1) is 14.1. The number of thiophene rings is 1. The van der Waals surface area contributed by atoms with E-state index in [1.165, 1.54) is 0 Å². The Morgan fingerprint density at radius 3 is 2.93 bits per heavy atom. The van der Waals surface area contributed by atoms with Crippen LogP contribution in [0.5, 0.6) is 0 Å². The molecule has 0 unspecified atom stereocenters. The van der Waals surface area contributed by atoms with Gasteiger partial charge in [0.1, 0.15) is 0 Å². The summed E-state index contributed by atoms with van der Waals surface area (Å²) in [5.74, 6) is -0.376. The van der Waals surface area contributed by atoms with Crippen molar-refractivity contribution in [3.63, 3.8) is 0 Å². The molecular weight excluding hydrogens is 384 g/mol. The van der Waals surface area contributed by atoms with Gasteiger partial charge in [0.15, 0.2) is 0 Å². The molecular formula is C22H20N4O2S. The van der Waals surface area contributed by atoms with Crippen LogP contribution in [0.25, 0.3) is 6.08 Å². The Bertz CT molecular complexity index is 1090. The lowest BCUT2D eigenvalue weighted by molar-refractivity contribution is -0.112. The number of carbonyl (C=O) groups is 2. The zero-order valence-corrected chi connectivity index (χ0v) is 16.7. The summed E-state index contributed by atoms with van der Waals surface area (Å²) in [4.78, 5) is 30.4. The molecule has 0 bridgehead atoms. The van der Waals surface area contributed by atoms with Gasteiger partial charge in [-0.2, -0.15) is 0 Å². The summed E-state index contributed by atoms with van der Waals surface area (Å²) in [6.45, 7) is 2.82. The van der Waals surface area contributed by atoms with Crippen LogP contribution < -0.4 is 16.0 Å². The molecule has 0 fully saturated rings. The Labute approximate surface area is 172 Å². The van der Waals surface area contributed by atoms with Gasteiger partial charge in [0.05, 0.1) is 6.54 Å². The summed E-state index contributed by atoms with van der Waals surface area (Å²) < 4.78 is 0. The number of nitrogens with one attached hydrogen (secondary N) is 3. The molecule has 1 aliphatic rings. The van der Waals surface area contributed by atoms with Gasteiger partial charge in [-0.25, -0.2) is 0 Å². The maximum absolute atomic E-state index is 12.8. The Hall–Kier alpha value is -3.45. The molecule has 29 heavy (non-hydrogen) atoms. The van der Waals surface area contributed by atoms with Gasteiger partial charge in [0.25, 0.3) is 11.8 Å². The van der Waals surface area contributed by atoms with Crippen LogP contribution in [-0.2, 0) is 11.3 Å². The Balaban J connectivity index is 1.47. The van der Waals surface area contributed by atoms with Gasteiger partial charge in [-0.15, -0.1) is 11.3 Å². The number of carbonyl (C=O) groups excluding carboxylic acids is 2. The molecule has 2 aromatic heterocycles. The second-order valence-corrected chi connectivity index (χ2v) is 7.76. The minimum absolute atomic E-state index is 0.174. The van der Waals surface area contributed by atoms with E-state index in [9.17, 15) is 9.59 Å². The molecule has 3 heterocycles. The van der Waals surface area contributed by atoms with Crippen molar-refractivity contribution in [1.82, 2.24) is 10.3 Å². The maximum Gasteiger partial charge on any atom is 0.253 e. The van der Waals surface area contributed by atoms with E-state index in [-0.39, 0.29) is 11.8 Å². The third-order valence-corrected chi connectivity index (χ3v) is 5.57. The number of aryl methyl sites for hydroxylation is 1. The zero-order chi connectivity index (χ0) is 20.2.